The Morgan fingerprint density at radius 1 is 0.933 bits per heavy atom. The van der Waals surface area contributed by atoms with Crippen LogP contribution in [0.5, 0.6) is 5.75 Å². The van der Waals surface area contributed by atoms with Crippen molar-refractivity contribution in [3.8, 4) is 5.75 Å². The molecular weight excluding hydrogens is 378 g/mol. The third-order valence-electron chi connectivity index (χ3n) is 7.33. The van der Waals surface area contributed by atoms with E-state index < -0.39 is 17.4 Å². The molecule has 4 bridgehead atoms. The fraction of sp³-hybridized carbons (Fsp3) is 0.400. The summed E-state index contributed by atoms with van der Waals surface area (Å²) in [6.07, 6.45) is 3.85. The first-order valence-corrected chi connectivity index (χ1v) is 10.6. The van der Waals surface area contributed by atoms with Crippen molar-refractivity contribution in [3.63, 3.8) is 0 Å². The first-order chi connectivity index (χ1) is 14.4. The van der Waals surface area contributed by atoms with Crippen molar-refractivity contribution in [2.24, 2.45) is 0 Å². The average Bonchev–Trinajstić information content (AvgIpc) is 2.71. The molecule has 5 aliphatic carbocycles. The molecule has 2 atom stereocenters. The lowest BCUT2D eigenvalue weighted by atomic mass is 9.65. The number of nitrogens with zero attached hydrogens (tertiary/aromatic N) is 1. The van der Waals surface area contributed by atoms with Crippen LogP contribution in [0.4, 0.5) is 0 Å². The molecule has 154 valence electrons. The Balaban J connectivity index is 1.71. The van der Waals surface area contributed by atoms with Crippen molar-refractivity contribution in [1.82, 2.24) is 0 Å². The highest BCUT2D eigenvalue weighted by molar-refractivity contribution is 5.87. The van der Waals surface area contributed by atoms with Gasteiger partial charge in [-0.05, 0) is 68.2 Å². The summed E-state index contributed by atoms with van der Waals surface area (Å²) in [5.74, 6) is -0.598. The van der Waals surface area contributed by atoms with Crippen LogP contribution in [0.2, 0.25) is 0 Å². The number of nitro groups is 1. The summed E-state index contributed by atoms with van der Waals surface area (Å²) >= 11 is 0. The number of fused-ring (bicyclic) bond motifs is 1. The van der Waals surface area contributed by atoms with E-state index in [0.717, 1.165) is 53.5 Å². The van der Waals surface area contributed by atoms with Crippen LogP contribution in [0.25, 0.3) is 0 Å². The van der Waals surface area contributed by atoms with E-state index in [1.54, 1.807) is 0 Å². The van der Waals surface area contributed by atoms with Crippen molar-refractivity contribution in [1.29, 1.82) is 0 Å². The van der Waals surface area contributed by atoms with Gasteiger partial charge < -0.3 is 4.74 Å². The lowest BCUT2D eigenvalue weighted by molar-refractivity contribution is -0.561. The van der Waals surface area contributed by atoms with Crippen LogP contribution in [-0.2, 0) is 30.5 Å². The number of benzene rings is 2. The molecule has 0 spiro atoms. The molecule has 0 fully saturated rings. The molecule has 2 aromatic rings. The number of hydrogen-bond acceptors (Lipinski definition) is 4. The van der Waals surface area contributed by atoms with E-state index in [1.807, 2.05) is 19.9 Å². The Kier molecular flexibility index (Phi) is 4.31. The molecule has 0 amide bonds. The fourth-order valence-corrected chi connectivity index (χ4v) is 5.36. The van der Waals surface area contributed by atoms with Crippen LogP contribution in [-0.4, -0.2) is 16.4 Å². The van der Waals surface area contributed by atoms with Gasteiger partial charge in [-0.1, -0.05) is 47.5 Å². The molecule has 0 radical (unpaired) electrons. The molecule has 1 heterocycles. The Morgan fingerprint density at radius 2 is 1.53 bits per heavy atom. The zero-order valence-electron chi connectivity index (χ0n) is 17.4. The second-order valence-corrected chi connectivity index (χ2v) is 9.01. The van der Waals surface area contributed by atoms with Crippen LogP contribution in [0.15, 0.2) is 47.5 Å². The normalized spacial score (nSPS) is 25.1. The monoisotopic (exact) mass is 403 g/mol. The minimum absolute atomic E-state index is 0.124. The maximum atomic E-state index is 13.2. The third kappa shape index (κ3) is 2.72. The van der Waals surface area contributed by atoms with E-state index in [0.29, 0.717) is 12.2 Å². The molecule has 8 rings (SSSR count). The largest absolute Gasteiger partial charge is 0.421 e. The molecule has 5 nitrogen and oxygen atoms in total. The minimum atomic E-state index is -1.72. The van der Waals surface area contributed by atoms with Gasteiger partial charge in [0, 0.05) is 10.5 Å². The summed E-state index contributed by atoms with van der Waals surface area (Å²) < 4.78 is 5.84. The van der Waals surface area contributed by atoms with Gasteiger partial charge in [-0.15, -0.1) is 0 Å². The molecular formula is C25H25NO4. The Morgan fingerprint density at radius 3 is 2.17 bits per heavy atom. The van der Waals surface area contributed by atoms with Crippen molar-refractivity contribution >= 4 is 5.97 Å². The van der Waals surface area contributed by atoms with Crippen LogP contribution in [0.3, 0.4) is 0 Å². The topological polar surface area (TPSA) is 69.4 Å². The molecule has 5 heteroatoms. The zero-order valence-corrected chi connectivity index (χ0v) is 17.4. The molecule has 30 heavy (non-hydrogen) atoms. The van der Waals surface area contributed by atoms with Gasteiger partial charge in [-0.25, -0.2) is 4.79 Å². The fourth-order valence-electron chi connectivity index (χ4n) is 5.36. The van der Waals surface area contributed by atoms with Crippen molar-refractivity contribution in [2.75, 3.05) is 0 Å². The number of hydrogen-bond donors (Lipinski definition) is 0. The summed E-state index contributed by atoms with van der Waals surface area (Å²) in [6, 6.07) is 12.8. The molecule has 0 saturated carbocycles. The van der Waals surface area contributed by atoms with E-state index in [-0.39, 0.29) is 11.3 Å². The van der Waals surface area contributed by atoms with Crippen LogP contribution in [0, 0.1) is 10.1 Å². The highest BCUT2D eigenvalue weighted by Gasteiger charge is 2.64. The van der Waals surface area contributed by atoms with E-state index in [4.69, 9.17) is 4.74 Å². The van der Waals surface area contributed by atoms with Gasteiger partial charge in [0.15, 0.2) is 0 Å². The second-order valence-electron chi connectivity index (χ2n) is 9.01. The lowest BCUT2D eigenvalue weighted by Crippen LogP contribution is -2.57. The Labute approximate surface area is 175 Å². The molecule has 0 N–H and O–H groups in total. The van der Waals surface area contributed by atoms with Gasteiger partial charge in [0.2, 0.25) is 0 Å². The van der Waals surface area contributed by atoms with E-state index >= 15 is 0 Å². The maximum Gasteiger partial charge on any atom is 0.391 e. The predicted molar refractivity (Wildman–Crippen MR) is 113 cm³/mol. The van der Waals surface area contributed by atoms with Crippen LogP contribution in [0.1, 0.15) is 60.4 Å². The Bertz CT molecular complexity index is 1100. The summed E-state index contributed by atoms with van der Waals surface area (Å²) in [4.78, 5) is 25.1. The molecule has 6 aliphatic rings. The predicted octanol–water partition coefficient (Wildman–Crippen LogP) is 4.72. The number of ether oxygens (including phenoxy) is 1. The summed E-state index contributed by atoms with van der Waals surface area (Å²) in [6.45, 7) is 3.92. The molecule has 2 aromatic carbocycles. The van der Waals surface area contributed by atoms with Gasteiger partial charge in [0.1, 0.15) is 5.75 Å². The van der Waals surface area contributed by atoms with E-state index in [2.05, 4.69) is 30.3 Å². The van der Waals surface area contributed by atoms with Crippen molar-refractivity contribution < 1.29 is 14.5 Å². The molecule has 0 unspecified atom stereocenters. The third-order valence-corrected chi connectivity index (χ3v) is 7.33. The number of carbonyl (C=O) groups is 1. The van der Waals surface area contributed by atoms with E-state index in [1.165, 1.54) is 11.1 Å². The quantitative estimate of drug-likeness (QED) is 0.227. The number of rotatable bonds is 1. The number of esters is 1. The average molecular weight is 403 g/mol. The molecule has 1 aliphatic heterocycles. The first kappa shape index (κ1) is 19.0. The van der Waals surface area contributed by atoms with Gasteiger partial charge in [-0.3, -0.25) is 10.1 Å². The SMILES string of the molecule is CC1=C(C)C[C@]2([N+](=O)[O-])C(=O)Oc3c4ccc(c3[C@@H]2C1)CCc1ccc(cc1)CC4. The van der Waals surface area contributed by atoms with Crippen molar-refractivity contribution in [3.05, 3.63) is 85.5 Å². The standard InChI is InChI=1S/C25H25NO4/c1-15-13-21-22-19-9-7-17-3-5-18(6-4-17)8-10-20(12-11-19)23(22)30-24(27)25(21,26(28)29)14-16(15)2/h3-6,11-12,21H,7-10,13-14H2,1-2H3/t21-,25+/m0/s1. The van der Waals surface area contributed by atoms with Crippen LogP contribution >= 0.6 is 0 Å². The summed E-state index contributed by atoms with van der Waals surface area (Å²) in [7, 11) is 0. The lowest BCUT2D eigenvalue weighted by Gasteiger charge is -2.41. The number of carbonyl (C=O) groups excluding carboxylic acids is 1. The maximum absolute atomic E-state index is 13.2. The summed E-state index contributed by atoms with van der Waals surface area (Å²) in [5, 5.41) is 12.3. The van der Waals surface area contributed by atoms with Gasteiger partial charge in [0.25, 0.3) is 0 Å². The number of aryl methyl sites for hydroxylation is 4. The van der Waals surface area contributed by atoms with E-state index in [9.17, 15) is 14.9 Å². The highest BCUT2D eigenvalue weighted by atomic mass is 16.6. The minimum Gasteiger partial charge on any atom is -0.421 e. The first-order valence-electron chi connectivity index (χ1n) is 10.6. The van der Waals surface area contributed by atoms with Gasteiger partial charge in [-0.2, -0.15) is 0 Å². The van der Waals surface area contributed by atoms with Gasteiger partial charge in [0.05, 0.1) is 12.3 Å². The smallest absolute Gasteiger partial charge is 0.391 e. The number of allylic oxidation sites excluding steroid dienone is 1. The molecule has 0 saturated heterocycles. The summed E-state index contributed by atoms with van der Waals surface area (Å²) in [5.41, 5.74) is 5.77. The van der Waals surface area contributed by atoms with Crippen LogP contribution < -0.4 is 4.74 Å². The highest BCUT2D eigenvalue weighted by Crippen LogP contribution is 2.53. The molecule has 0 aromatic heterocycles. The van der Waals surface area contributed by atoms with Gasteiger partial charge >= 0.3 is 11.5 Å². The Hall–Kier alpha value is -2.95. The zero-order chi connectivity index (χ0) is 21.0. The second kappa shape index (κ2) is 6.79. The van der Waals surface area contributed by atoms with Crippen molar-refractivity contribution in [2.45, 2.75) is 63.8 Å².